The van der Waals surface area contributed by atoms with Crippen molar-refractivity contribution in [3.8, 4) is 5.75 Å². The predicted molar refractivity (Wildman–Crippen MR) is 123 cm³/mol. The van der Waals surface area contributed by atoms with E-state index >= 15 is 0 Å². The third kappa shape index (κ3) is 4.50. The van der Waals surface area contributed by atoms with Crippen molar-refractivity contribution in [2.75, 3.05) is 25.6 Å². The molecule has 4 rings (SSSR count). The Morgan fingerprint density at radius 3 is 2.66 bits per heavy atom. The van der Waals surface area contributed by atoms with Gasteiger partial charge in [0.2, 0.25) is 0 Å². The summed E-state index contributed by atoms with van der Waals surface area (Å²) in [5, 5.41) is 3.76. The fourth-order valence-electron chi connectivity index (χ4n) is 3.32. The minimum atomic E-state index is -0.515. The number of imidazole rings is 1. The second-order valence-corrected chi connectivity index (χ2v) is 8.62. The summed E-state index contributed by atoms with van der Waals surface area (Å²) in [4.78, 5) is 32.8. The van der Waals surface area contributed by atoms with E-state index in [1.807, 2.05) is 39.0 Å². The number of pyridine rings is 1. The molecule has 4 aromatic rings. The van der Waals surface area contributed by atoms with E-state index in [9.17, 15) is 9.59 Å². The third-order valence-electron chi connectivity index (χ3n) is 5.02. The molecule has 0 aliphatic carbocycles. The van der Waals surface area contributed by atoms with Crippen LogP contribution >= 0.6 is 0 Å². The lowest BCUT2D eigenvalue weighted by molar-refractivity contribution is 0.0853. The van der Waals surface area contributed by atoms with Gasteiger partial charge in [-0.2, -0.15) is 0 Å². The lowest BCUT2D eigenvalue weighted by Crippen LogP contribution is -2.20. The maximum absolute atomic E-state index is 12.8. The molecular weight excluding hydrogens is 408 g/mol. The third-order valence-corrected chi connectivity index (χ3v) is 5.02. The molecule has 166 valence electrons. The molecule has 3 aromatic heterocycles. The van der Waals surface area contributed by atoms with Crippen molar-refractivity contribution in [3.05, 3.63) is 60.2 Å². The molecule has 0 saturated heterocycles. The first kappa shape index (κ1) is 21.6. The highest BCUT2D eigenvalue weighted by Crippen LogP contribution is 2.23. The van der Waals surface area contributed by atoms with Crippen molar-refractivity contribution in [1.82, 2.24) is 14.4 Å². The van der Waals surface area contributed by atoms with Crippen molar-refractivity contribution < 1.29 is 19.1 Å². The van der Waals surface area contributed by atoms with E-state index in [-0.39, 0.29) is 11.7 Å². The van der Waals surface area contributed by atoms with E-state index in [1.54, 1.807) is 42.1 Å². The van der Waals surface area contributed by atoms with Gasteiger partial charge in [0.25, 0.3) is 5.91 Å². The monoisotopic (exact) mass is 434 g/mol. The highest BCUT2D eigenvalue weighted by molar-refractivity contribution is 6.06. The summed E-state index contributed by atoms with van der Waals surface area (Å²) in [6.45, 7) is 6.55. The van der Waals surface area contributed by atoms with Crippen LogP contribution in [0.5, 0.6) is 5.75 Å². The number of benzene rings is 1. The summed E-state index contributed by atoms with van der Waals surface area (Å²) in [6, 6.07) is 10.9. The average molecular weight is 434 g/mol. The first-order valence-corrected chi connectivity index (χ1v) is 10.3. The van der Waals surface area contributed by atoms with Gasteiger partial charge in [-0.15, -0.1) is 0 Å². The SMILES string of the molecule is COCCOc1ccc2[nH]c(C(=O)Nc3ccc4nc(C(=O)C(C)(C)C)cn4c3)cc2c1. The van der Waals surface area contributed by atoms with Gasteiger partial charge >= 0.3 is 0 Å². The number of hydrogen-bond acceptors (Lipinski definition) is 5. The van der Waals surface area contributed by atoms with Crippen LogP contribution in [0.4, 0.5) is 5.69 Å². The fraction of sp³-hybridized carbons (Fsp3) is 0.292. The lowest BCUT2D eigenvalue weighted by Gasteiger charge is -2.13. The van der Waals surface area contributed by atoms with Crippen LogP contribution in [-0.2, 0) is 4.74 Å². The zero-order valence-corrected chi connectivity index (χ0v) is 18.6. The molecule has 0 spiro atoms. The number of hydrogen-bond donors (Lipinski definition) is 2. The molecule has 0 fully saturated rings. The lowest BCUT2D eigenvalue weighted by atomic mass is 9.89. The zero-order chi connectivity index (χ0) is 22.9. The summed E-state index contributed by atoms with van der Waals surface area (Å²) in [5.74, 6) is 0.413. The molecule has 8 nitrogen and oxygen atoms in total. The number of anilines is 1. The molecule has 0 bridgehead atoms. The normalized spacial score (nSPS) is 11.8. The minimum Gasteiger partial charge on any atom is -0.491 e. The molecule has 3 heterocycles. The van der Waals surface area contributed by atoms with Gasteiger partial charge in [-0.25, -0.2) is 4.98 Å². The van der Waals surface area contributed by atoms with Crippen LogP contribution < -0.4 is 10.1 Å². The number of carbonyl (C=O) groups excluding carboxylic acids is 2. The average Bonchev–Trinajstić information content (AvgIpc) is 3.36. The predicted octanol–water partition coefficient (Wildman–Crippen LogP) is 4.32. The zero-order valence-electron chi connectivity index (χ0n) is 18.6. The van der Waals surface area contributed by atoms with Gasteiger partial charge in [0.1, 0.15) is 29.4 Å². The van der Waals surface area contributed by atoms with E-state index in [2.05, 4.69) is 15.3 Å². The van der Waals surface area contributed by atoms with Gasteiger partial charge in [0, 0.05) is 35.8 Å². The topological polar surface area (TPSA) is 97.7 Å². The fourth-order valence-corrected chi connectivity index (χ4v) is 3.32. The number of ketones is 1. The number of H-pyrrole nitrogens is 1. The van der Waals surface area contributed by atoms with Gasteiger partial charge in [0.15, 0.2) is 5.78 Å². The Kier molecular flexibility index (Phi) is 5.71. The molecule has 0 saturated carbocycles. The summed E-state index contributed by atoms with van der Waals surface area (Å²) >= 11 is 0. The van der Waals surface area contributed by atoms with Crippen molar-refractivity contribution in [1.29, 1.82) is 0 Å². The molecule has 1 amide bonds. The molecule has 32 heavy (non-hydrogen) atoms. The van der Waals surface area contributed by atoms with E-state index < -0.39 is 5.41 Å². The molecule has 0 aliphatic heterocycles. The Labute approximate surface area is 185 Å². The van der Waals surface area contributed by atoms with Crippen LogP contribution in [0.3, 0.4) is 0 Å². The van der Waals surface area contributed by atoms with E-state index in [0.29, 0.717) is 41.7 Å². The van der Waals surface area contributed by atoms with Crippen LogP contribution in [0.15, 0.2) is 48.8 Å². The van der Waals surface area contributed by atoms with Crippen LogP contribution in [0, 0.1) is 5.41 Å². The first-order valence-electron chi connectivity index (χ1n) is 10.3. The number of methoxy groups -OCH3 is 1. The van der Waals surface area contributed by atoms with Crippen LogP contribution in [0.1, 0.15) is 41.7 Å². The maximum Gasteiger partial charge on any atom is 0.272 e. The van der Waals surface area contributed by atoms with Gasteiger partial charge < -0.3 is 24.2 Å². The van der Waals surface area contributed by atoms with E-state index in [0.717, 1.165) is 10.9 Å². The number of nitrogens with one attached hydrogen (secondary N) is 2. The number of amides is 1. The molecule has 2 N–H and O–H groups in total. The number of ether oxygens (including phenoxy) is 2. The summed E-state index contributed by atoms with van der Waals surface area (Å²) in [7, 11) is 1.62. The highest BCUT2D eigenvalue weighted by atomic mass is 16.5. The number of fused-ring (bicyclic) bond motifs is 2. The smallest absolute Gasteiger partial charge is 0.272 e. The van der Waals surface area contributed by atoms with Crippen LogP contribution in [-0.4, -0.2) is 46.4 Å². The number of nitrogens with zero attached hydrogens (tertiary/aromatic N) is 2. The van der Waals surface area contributed by atoms with Crippen molar-refractivity contribution in [3.63, 3.8) is 0 Å². The molecule has 0 aliphatic rings. The largest absolute Gasteiger partial charge is 0.491 e. The van der Waals surface area contributed by atoms with Crippen LogP contribution in [0.2, 0.25) is 0 Å². The number of Topliss-reactive ketones (excluding diaryl/α,β-unsaturated/α-hetero) is 1. The maximum atomic E-state index is 12.8. The van der Waals surface area contributed by atoms with Crippen molar-refractivity contribution in [2.45, 2.75) is 20.8 Å². The van der Waals surface area contributed by atoms with Gasteiger partial charge in [-0.05, 0) is 36.4 Å². The quantitative estimate of drug-likeness (QED) is 0.333. The van der Waals surface area contributed by atoms with Gasteiger partial charge in [-0.3, -0.25) is 9.59 Å². The summed E-state index contributed by atoms with van der Waals surface area (Å²) in [6.07, 6.45) is 3.43. The number of rotatable bonds is 7. The van der Waals surface area contributed by atoms with E-state index in [4.69, 9.17) is 9.47 Å². The standard InChI is InChI=1S/C24H26N4O4/c1-24(2,3)22(29)20-14-28-13-16(5-8-21(28)27-20)25-23(30)19-12-15-11-17(32-10-9-31-4)6-7-18(15)26-19/h5-8,11-14,26H,9-10H2,1-4H3,(H,25,30). The summed E-state index contributed by atoms with van der Waals surface area (Å²) in [5.41, 5.74) is 2.39. The molecule has 0 unspecified atom stereocenters. The number of aromatic nitrogens is 3. The van der Waals surface area contributed by atoms with Crippen molar-refractivity contribution >= 4 is 33.9 Å². The number of carbonyl (C=O) groups is 2. The molecule has 1 aromatic carbocycles. The Bertz CT molecular complexity index is 1300. The minimum absolute atomic E-state index is 0.0320. The van der Waals surface area contributed by atoms with Gasteiger partial charge in [-0.1, -0.05) is 20.8 Å². The Morgan fingerprint density at radius 1 is 1.09 bits per heavy atom. The molecule has 0 atom stereocenters. The van der Waals surface area contributed by atoms with Crippen molar-refractivity contribution in [2.24, 2.45) is 5.41 Å². The second kappa shape index (κ2) is 8.47. The Morgan fingerprint density at radius 2 is 1.91 bits per heavy atom. The number of aromatic amines is 1. The van der Waals surface area contributed by atoms with Crippen LogP contribution in [0.25, 0.3) is 16.6 Å². The Balaban J connectivity index is 1.51. The summed E-state index contributed by atoms with van der Waals surface area (Å²) < 4.78 is 12.4. The molecular formula is C24H26N4O4. The van der Waals surface area contributed by atoms with E-state index in [1.165, 1.54) is 0 Å². The molecule has 0 radical (unpaired) electrons. The Hall–Kier alpha value is -3.65. The first-order chi connectivity index (χ1) is 15.2. The molecule has 8 heteroatoms. The van der Waals surface area contributed by atoms with Gasteiger partial charge in [0.05, 0.1) is 12.3 Å². The second-order valence-electron chi connectivity index (χ2n) is 8.62. The highest BCUT2D eigenvalue weighted by Gasteiger charge is 2.25.